The van der Waals surface area contributed by atoms with E-state index < -0.39 is 27.9 Å². The van der Waals surface area contributed by atoms with Crippen LogP contribution in [0.4, 0.5) is 4.39 Å². The van der Waals surface area contributed by atoms with E-state index >= 15 is 0 Å². The van der Waals surface area contributed by atoms with Crippen LogP contribution in [-0.2, 0) is 19.6 Å². The van der Waals surface area contributed by atoms with Gasteiger partial charge < -0.3 is 4.74 Å². The minimum Gasteiger partial charge on any atom is -0.468 e. The summed E-state index contributed by atoms with van der Waals surface area (Å²) in [7, 11) is -2.79. The summed E-state index contributed by atoms with van der Waals surface area (Å²) in [5.74, 6) is -1.42. The number of carbonyl (C=O) groups excluding carboxylic acids is 1. The van der Waals surface area contributed by atoms with Gasteiger partial charge in [-0.15, -0.1) is 0 Å². The lowest BCUT2D eigenvalue weighted by Gasteiger charge is -2.22. The van der Waals surface area contributed by atoms with Crippen LogP contribution in [0, 0.1) is 17.1 Å². The highest BCUT2D eigenvalue weighted by Gasteiger charge is 2.40. The summed E-state index contributed by atoms with van der Waals surface area (Å²) in [6, 6.07) is 3.69. The van der Waals surface area contributed by atoms with Crippen LogP contribution >= 0.6 is 0 Å². The number of carbonyl (C=O) groups is 1. The molecule has 0 radical (unpaired) electrons. The second-order valence-corrected chi connectivity index (χ2v) is 6.44. The Bertz CT molecular complexity index is 711. The fourth-order valence-corrected chi connectivity index (χ4v) is 3.96. The van der Waals surface area contributed by atoms with Gasteiger partial charge in [0, 0.05) is 6.54 Å². The maximum absolute atomic E-state index is 13.3. The Kier molecular flexibility index (Phi) is 4.25. The van der Waals surface area contributed by atoms with E-state index in [0.717, 1.165) is 22.5 Å². The van der Waals surface area contributed by atoms with E-state index in [9.17, 15) is 17.6 Å². The molecule has 1 fully saturated rings. The number of halogens is 1. The lowest BCUT2D eigenvalue weighted by Crippen LogP contribution is -2.41. The standard InChI is InChI=1S/C13H13FN2O4S/c1-20-13(17)12-3-2-6-16(12)21(18,19)10-4-5-11(14)9(7-10)8-15/h4-5,7,12H,2-3,6H2,1H3. The maximum Gasteiger partial charge on any atom is 0.324 e. The molecule has 0 amide bonds. The van der Waals surface area contributed by atoms with Gasteiger partial charge in [0.15, 0.2) is 0 Å². The summed E-state index contributed by atoms with van der Waals surface area (Å²) in [6.07, 6.45) is 0.906. The van der Waals surface area contributed by atoms with Crippen molar-refractivity contribution in [2.24, 2.45) is 0 Å². The van der Waals surface area contributed by atoms with Gasteiger partial charge in [-0.2, -0.15) is 9.57 Å². The van der Waals surface area contributed by atoms with E-state index in [4.69, 9.17) is 5.26 Å². The van der Waals surface area contributed by atoms with Crippen LogP contribution in [0.15, 0.2) is 23.1 Å². The summed E-state index contributed by atoms with van der Waals surface area (Å²) in [4.78, 5) is 11.4. The van der Waals surface area contributed by atoms with Gasteiger partial charge in [-0.1, -0.05) is 0 Å². The minimum atomic E-state index is -3.98. The molecule has 0 aromatic heterocycles. The molecule has 8 heteroatoms. The molecule has 1 heterocycles. The number of nitrogens with zero attached hydrogens (tertiary/aromatic N) is 2. The van der Waals surface area contributed by atoms with Gasteiger partial charge in [0.25, 0.3) is 0 Å². The first-order valence-corrected chi connectivity index (χ1v) is 7.65. The number of benzene rings is 1. The normalized spacial score (nSPS) is 19.2. The average Bonchev–Trinajstić information content (AvgIpc) is 2.97. The van der Waals surface area contributed by atoms with Crippen LogP contribution in [0.1, 0.15) is 18.4 Å². The molecule has 21 heavy (non-hydrogen) atoms. The van der Waals surface area contributed by atoms with Crippen molar-refractivity contribution in [1.82, 2.24) is 4.31 Å². The summed E-state index contributed by atoms with van der Waals surface area (Å²) in [5, 5.41) is 8.78. The van der Waals surface area contributed by atoms with E-state index in [0.29, 0.717) is 12.8 Å². The summed E-state index contributed by atoms with van der Waals surface area (Å²) < 4.78 is 44.0. The molecule has 1 aromatic carbocycles. The van der Waals surface area contributed by atoms with E-state index in [-0.39, 0.29) is 17.0 Å². The zero-order valence-corrected chi connectivity index (χ0v) is 12.1. The Labute approximate surface area is 121 Å². The molecular weight excluding hydrogens is 299 g/mol. The second kappa shape index (κ2) is 5.79. The first-order chi connectivity index (χ1) is 9.91. The zero-order chi connectivity index (χ0) is 15.6. The topological polar surface area (TPSA) is 87.5 Å². The molecule has 112 valence electrons. The summed E-state index contributed by atoms with van der Waals surface area (Å²) in [5.41, 5.74) is -0.357. The van der Waals surface area contributed by atoms with E-state index in [1.807, 2.05) is 0 Å². The predicted octanol–water partition coefficient (Wildman–Crippen LogP) is 1.02. The lowest BCUT2D eigenvalue weighted by molar-refractivity contribution is -0.144. The first kappa shape index (κ1) is 15.4. The maximum atomic E-state index is 13.3. The van der Waals surface area contributed by atoms with Crippen molar-refractivity contribution in [1.29, 1.82) is 5.26 Å². The molecule has 0 N–H and O–H groups in total. The van der Waals surface area contributed by atoms with Gasteiger partial charge in [0.1, 0.15) is 17.9 Å². The van der Waals surface area contributed by atoms with Gasteiger partial charge in [0.05, 0.1) is 17.6 Å². The predicted molar refractivity (Wildman–Crippen MR) is 70.0 cm³/mol. The SMILES string of the molecule is COC(=O)C1CCCN1S(=O)(=O)c1ccc(F)c(C#N)c1. The number of rotatable bonds is 3. The third-order valence-corrected chi connectivity index (χ3v) is 5.25. The van der Waals surface area contributed by atoms with Gasteiger partial charge in [0.2, 0.25) is 10.0 Å². The van der Waals surface area contributed by atoms with Crippen molar-refractivity contribution >= 4 is 16.0 Å². The molecule has 0 aliphatic carbocycles. The number of hydrogen-bond donors (Lipinski definition) is 0. The molecular formula is C13H13FN2O4S. The van der Waals surface area contributed by atoms with E-state index in [1.54, 1.807) is 6.07 Å². The Hall–Kier alpha value is -1.98. The number of nitriles is 1. The Morgan fingerprint density at radius 1 is 1.52 bits per heavy atom. The average molecular weight is 312 g/mol. The lowest BCUT2D eigenvalue weighted by atomic mass is 10.2. The number of esters is 1. The van der Waals surface area contributed by atoms with Crippen LogP contribution in [0.3, 0.4) is 0 Å². The van der Waals surface area contributed by atoms with Gasteiger partial charge >= 0.3 is 5.97 Å². The van der Waals surface area contributed by atoms with Gasteiger partial charge in [-0.3, -0.25) is 4.79 Å². The molecule has 1 unspecified atom stereocenters. The van der Waals surface area contributed by atoms with Gasteiger partial charge in [-0.25, -0.2) is 12.8 Å². The number of methoxy groups -OCH3 is 1. The van der Waals surface area contributed by atoms with Crippen molar-refractivity contribution < 1.29 is 22.3 Å². The van der Waals surface area contributed by atoms with Crippen molar-refractivity contribution in [2.45, 2.75) is 23.8 Å². The van der Waals surface area contributed by atoms with E-state index in [1.165, 1.54) is 7.11 Å². The minimum absolute atomic E-state index is 0.182. The van der Waals surface area contributed by atoms with Crippen LogP contribution < -0.4 is 0 Å². The first-order valence-electron chi connectivity index (χ1n) is 6.21. The molecule has 1 atom stereocenters. The molecule has 0 spiro atoms. The Morgan fingerprint density at radius 3 is 2.86 bits per heavy atom. The largest absolute Gasteiger partial charge is 0.468 e. The third-order valence-electron chi connectivity index (χ3n) is 3.34. The fraction of sp³-hybridized carbons (Fsp3) is 0.385. The van der Waals surface area contributed by atoms with Crippen LogP contribution in [0.5, 0.6) is 0 Å². The zero-order valence-electron chi connectivity index (χ0n) is 11.2. The van der Waals surface area contributed by atoms with Crippen molar-refractivity contribution in [3.63, 3.8) is 0 Å². The number of hydrogen-bond acceptors (Lipinski definition) is 5. The Balaban J connectivity index is 2.42. The molecule has 1 aliphatic heterocycles. The number of ether oxygens (including phenoxy) is 1. The molecule has 1 aromatic rings. The van der Waals surface area contributed by atoms with Crippen LogP contribution in [0.25, 0.3) is 0 Å². The Morgan fingerprint density at radius 2 is 2.24 bits per heavy atom. The van der Waals surface area contributed by atoms with Crippen molar-refractivity contribution in [3.8, 4) is 6.07 Å². The molecule has 0 saturated carbocycles. The van der Waals surface area contributed by atoms with Crippen LogP contribution in [-0.4, -0.2) is 38.4 Å². The van der Waals surface area contributed by atoms with E-state index in [2.05, 4.69) is 4.74 Å². The summed E-state index contributed by atoms with van der Waals surface area (Å²) >= 11 is 0. The highest BCUT2D eigenvalue weighted by molar-refractivity contribution is 7.89. The molecule has 6 nitrogen and oxygen atoms in total. The molecule has 0 bridgehead atoms. The highest BCUT2D eigenvalue weighted by Crippen LogP contribution is 2.27. The van der Waals surface area contributed by atoms with Gasteiger partial charge in [-0.05, 0) is 31.0 Å². The highest BCUT2D eigenvalue weighted by atomic mass is 32.2. The molecule has 1 saturated heterocycles. The van der Waals surface area contributed by atoms with Crippen molar-refractivity contribution in [2.75, 3.05) is 13.7 Å². The number of sulfonamides is 1. The fourth-order valence-electron chi connectivity index (χ4n) is 2.29. The quantitative estimate of drug-likeness (QED) is 0.778. The second-order valence-electron chi connectivity index (χ2n) is 4.55. The monoisotopic (exact) mass is 312 g/mol. The third kappa shape index (κ3) is 2.75. The van der Waals surface area contributed by atoms with Crippen LogP contribution in [0.2, 0.25) is 0 Å². The smallest absolute Gasteiger partial charge is 0.324 e. The molecule has 2 rings (SSSR count). The molecule has 1 aliphatic rings. The summed E-state index contributed by atoms with van der Waals surface area (Å²) in [6.45, 7) is 0.182. The van der Waals surface area contributed by atoms with Crippen molar-refractivity contribution in [3.05, 3.63) is 29.6 Å².